The molecule has 0 aromatic carbocycles. The molecule has 3 rings (SSSR count). The SMILES string of the molecule is C=C(C)C1CC=C(COB(OCC2=CCC(C(=C)C)CC2)OCC2=CCC(C(=C)C)CC2)CC1. The molecule has 34 heavy (non-hydrogen) atoms. The third-order valence-electron chi connectivity index (χ3n) is 7.82. The van der Waals surface area contributed by atoms with E-state index in [1.165, 1.54) is 33.4 Å². The van der Waals surface area contributed by atoms with Gasteiger partial charge in [0, 0.05) is 0 Å². The van der Waals surface area contributed by atoms with Crippen molar-refractivity contribution in [2.75, 3.05) is 19.8 Å². The minimum atomic E-state index is -0.640. The molecular weight excluding hydrogens is 419 g/mol. The molecule has 0 spiro atoms. The van der Waals surface area contributed by atoms with Gasteiger partial charge in [0.05, 0.1) is 19.8 Å². The summed E-state index contributed by atoms with van der Waals surface area (Å²) >= 11 is 0. The van der Waals surface area contributed by atoms with E-state index in [2.05, 4.69) is 58.7 Å². The molecule has 0 radical (unpaired) electrons. The van der Waals surface area contributed by atoms with E-state index in [-0.39, 0.29) is 0 Å². The predicted octanol–water partition coefficient (Wildman–Crippen LogP) is 7.93. The van der Waals surface area contributed by atoms with Crippen LogP contribution in [0.5, 0.6) is 0 Å². The van der Waals surface area contributed by atoms with Gasteiger partial charge in [-0.3, -0.25) is 0 Å². The van der Waals surface area contributed by atoms with Gasteiger partial charge in [-0.25, -0.2) is 0 Å². The number of rotatable bonds is 12. The second-order valence-corrected chi connectivity index (χ2v) is 10.8. The predicted molar refractivity (Wildman–Crippen MR) is 144 cm³/mol. The van der Waals surface area contributed by atoms with Crippen molar-refractivity contribution in [2.24, 2.45) is 17.8 Å². The fourth-order valence-electron chi connectivity index (χ4n) is 5.07. The highest BCUT2D eigenvalue weighted by Gasteiger charge is 2.26. The van der Waals surface area contributed by atoms with Crippen LogP contribution in [0.3, 0.4) is 0 Å². The van der Waals surface area contributed by atoms with Crippen molar-refractivity contribution in [3.05, 3.63) is 71.4 Å². The molecule has 0 saturated heterocycles. The minimum Gasteiger partial charge on any atom is -0.382 e. The van der Waals surface area contributed by atoms with E-state index in [9.17, 15) is 0 Å². The molecule has 0 amide bonds. The Balaban J connectivity index is 1.52. The van der Waals surface area contributed by atoms with Crippen LogP contribution >= 0.6 is 0 Å². The Labute approximate surface area is 208 Å². The van der Waals surface area contributed by atoms with Gasteiger partial charge in [-0.05, 0) is 96.3 Å². The van der Waals surface area contributed by atoms with Crippen LogP contribution in [0.1, 0.15) is 78.6 Å². The summed E-state index contributed by atoms with van der Waals surface area (Å²) in [6, 6.07) is 0. The lowest BCUT2D eigenvalue weighted by Crippen LogP contribution is -2.31. The van der Waals surface area contributed by atoms with Gasteiger partial charge in [0.2, 0.25) is 0 Å². The molecule has 0 saturated carbocycles. The van der Waals surface area contributed by atoms with Crippen molar-refractivity contribution in [3.63, 3.8) is 0 Å². The Kier molecular flexibility index (Phi) is 10.7. The third-order valence-corrected chi connectivity index (χ3v) is 7.82. The molecular formula is C30H45BO3. The maximum atomic E-state index is 6.16. The van der Waals surface area contributed by atoms with Gasteiger partial charge < -0.3 is 14.0 Å². The molecule has 186 valence electrons. The lowest BCUT2D eigenvalue weighted by Gasteiger charge is -2.25. The van der Waals surface area contributed by atoms with E-state index >= 15 is 0 Å². The van der Waals surface area contributed by atoms with Gasteiger partial charge in [-0.1, -0.05) is 71.4 Å². The first kappa shape index (κ1) is 27.0. The summed E-state index contributed by atoms with van der Waals surface area (Å²) in [5, 5.41) is 0. The van der Waals surface area contributed by atoms with Crippen molar-refractivity contribution >= 4 is 7.32 Å². The molecule has 0 fully saturated rings. The van der Waals surface area contributed by atoms with Gasteiger partial charge in [-0.15, -0.1) is 0 Å². The molecule has 0 N–H and O–H groups in total. The Morgan fingerprint density at radius 1 is 0.647 bits per heavy atom. The van der Waals surface area contributed by atoms with Crippen LogP contribution < -0.4 is 0 Å². The summed E-state index contributed by atoms with van der Waals surface area (Å²) in [7, 11) is -0.640. The van der Waals surface area contributed by atoms with Crippen molar-refractivity contribution in [2.45, 2.75) is 78.6 Å². The molecule has 4 heteroatoms. The van der Waals surface area contributed by atoms with Crippen LogP contribution in [0.25, 0.3) is 0 Å². The third kappa shape index (κ3) is 8.55. The van der Waals surface area contributed by atoms with E-state index in [1.54, 1.807) is 0 Å². The van der Waals surface area contributed by atoms with Crippen molar-refractivity contribution < 1.29 is 14.0 Å². The second-order valence-electron chi connectivity index (χ2n) is 10.8. The van der Waals surface area contributed by atoms with Crippen LogP contribution in [0, 0.1) is 17.8 Å². The molecule has 3 unspecified atom stereocenters. The lowest BCUT2D eigenvalue weighted by molar-refractivity contribution is 0.112. The summed E-state index contributed by atoms with van der Waals surface area (Å²) in [5.41, 5.74) is 7.88. The quantitative estimate of drug-likeness (QED) is 0.217. The highest BCUT2D eigenvalue weighted by atomic mass is 16.7. The Morgan fingerprint density at radius 3 is 1.15 bits per heavy atom. The molecule has 3 aliphatic rings. The summed E-state index contributed by atoms with van der Waals surface area (Å²) < 4.78 is 18.5. The highest BCUT2D eigenvalue weighted by Crippen LogP contribution is 2.31. The van der Waals surface area contributed by atoms with E-state index in [0.29, 0.717) is 37.6 Å². The van der Waals surface area contributed by atoms with E-state index < -0.39 is 7.32 Å². The van der Waals surface area contributed by atoms with Gasteiger partial charge in [0.1, 0.15) is 0 Å². The van der Waals surface area contributed by atoms with Gasteiger partial charge in [0.25, 0.3) is 0 Å². The standard InChI is InChI=1S/C30H45BO3/c1-22(2)28-13-7-25(8-14-28)19-32-31(33-20-26-9-15-29(16-10-26)23(3)4)34-21-27-11-17-30(18-12-27)24(5)6/h7,9,11,28-30H,1,3,5,8,10,12-21H2,2,4,6H3. The summed E-state index contributed by atoms with van der Waals surface area (Å²) in [4.78, 5) is 0. The fraction of sp³-hybridized carbons (Fsp3) is 0.600. The maximum absolute atomic E-state index is 6.16. The average molecular weight is 464 g/mol. The Morgan fingerprint density at radius 2 is 0.941 bits per heavy atom. The normalized spacial score (nSPS) is 25.1. The zero-order valence-corrected chi connectivity index (χ0v) is 21.9. The second kappa shape index (κ2) is 13.5. The first-order valence-corrected chi connectivity index (χ1v) is 13.2. The average Bonchev–Trinajstić information content (AvgIpc) is 2.84. The summed E-state index contributed by atoms with van der Waals surface area (Å²) in [6.45, 7) is 20.5. The van der Waals surface area contributed by atoms with E-state index in [1.807, 2.05) is 0 Å². The number of hydrogen-bond acceptors (Lipinski definition) is 3. The first-order chi connectivity index (χ1) is 16.3. The van der Waals surface area contributed by atoms with Crippen molar-refractivity contribution in [3.8, 4) is 0 Å². The largest absolute Gasteiger partial charge is 0.640 e. The monoisotopic (exact) mass is 464 g/mol. The zero-order chi connectivity index (χ0) is 24.5. The van der Waals surface area contributed by atoms with Crippen LogP contribution in [-0.4, -0.2) is 27.1 Å². The van der Waals surface area contributed by atoms with Crippen LogP contribution in [0.2, 0.25) is 0 Å². The topological polar surface area (TPSA) is 27.7 Å². The first-order valence-electron chi connectivity index (χ1n) is 13.2. The summed E-state index contributed by atoms with van der Waals surface area (Å²) in [5.74, 6) is 1.82. The minimum absolute atomic E-state index is 0.571. The Hall–Kier alpha value is -1.62. The smallest absolute Gasteiger partial charge is 0.382 e. The Bertz CT molecular complexity index is 725. The zero-order valence-electron chi connectivity index (χ0n) is 21.9. The van der Waals surface area contributed by atoms with Crippen molar-refractivity contribution in [1.29, 1.82) is 0 Å². The van der Waals surface area contributed by atoms with Gasteiger partial charge in [-0.2, -0.15) is 0 Å². The fourth-order valence-corrected chi connectivity index (χ4v) is 5.07. The maximum Gasteiger partial charge on any atom is 0.640 e. The molecule has 0 aliphatic heterocycles. The van der Waals surface area contributed by atoms with Crippen LogP contribution in [0.4, 0.5) is 0 Å². The van der Waals surface area contributed by atoms with Crippen molar-refractivity contribution in [1.82, 2.24) is 0 Å². The lowest BCUT2D eigenvalue weighted by atomic mass is 9.85. The van der Waals surface area contributed by atoms with Gasteiger partial charge >= 0.3 is 7.32 Å². The molecule has 3 atom stereocenters. The van der Waals surface area contributed by atoms with E-state index in [0.717, 1.165) is 57.8 Å². The molecule has 3 nitrogen and oxygen atoms in total. The van der Waals surface area contributed by atoms with E-state index in [4.69, 9.17) is 14.0 Å². The number of allylic oxidation sites excluding steroid dienone is 6. The molecule has 3 aliphatic carbocycles. The van der Waals surface area contributed by atoms with Gasteiger partial charge in [0.15, 0.2) is 0 Å². The van der Waals surface area contributed by atoms with Crippen LogP contribution in [0.15, 0.2) is 71.4 Å². The summed E-state index contributed by atoms with van der Waals surface area (Å²) in [6.07, 6.45) is 16.8. The molecule has 0 aromatic rings. The van der Waals surface area contributed by atoms with Crippen LogP contribution in [-0.2, 0) is 14.0 Å². The number of hydrogen-bond donors (Lipinski definition) is 0. The molecule has 0 heterocycles. The highest BCUT2D eigenvalue weighted by molar-refractivity contribution is 6.36. The molecule has 0 aromatic heterocycles. The molecule has 0 bridgehead atoms.